The lowest BCUT2D eigenvalue weighted by Gasteiger charge is -2.22. The zero-order valence-corrected chi connectivity index (χ0v) is 32.2. The number of nitrogens with zero attached hydrogens (tertiary/aromatic N) is 6. The van der Waals surface area contributed by atoms with Crippen molar-refractivity contribution in [2.75, 3.05) is 24.3 Å². The third-order valence-electron chi connectivity index (χ3n) is 8.67. The lowest BCUT2D eigenvalue weighted by atomic mass is 10.1. The van der Waals surface area contributed by atoms with E-state index in [0.29, 0.717) is 17.4 Å². The minimum atomic E-state index is -4.04. The van der Waals surface area contributed by atoms with E-state index in [4.69, 9.17) is 31.5 Å². The molecule has 14 nitrogen and oxygen atoms in total. The smallest absolute Gasteiger partial charge is 0.405 e. The Kier molecular flexibility index (Phi) is 11.3. The van der Waals surface area contributed by atoms with Crippen molar-refractivity contribution in [1.29, 1.82) is 0 Å². The van der Waals surface area contributed by atoms with Gasteiger partial charge >= 0.3 is 6.09 Å². The predicted molar refractivity (Wildman–Crippen MR) is 203 cm³/mol. The van der Waals surface area contributed by atoms with E-state index >= 15 is 0 Å². The summed E-state index contributed by atoms with van der Waals surface area (Å²) in [5.41, 5.74) is 5.07. The number of nitrogens with two attached hydrogens (primary N) is 1. The van der Waals surface area contributed by atoms with Gasteiger partial charge in [0.2, 0.25) is 21.8 Å². The standard InChI is InChI=1S/C37H34ClF4N7O7S/c1-37(41,42)13-14-55-29-12-9-25-32(44-29)45-33(28(56-36(43)51)17-21-15-22(39)18-23(40)16-21)49(35(25)50)27-11-10-26(38)30-31(27)47(2)46-34(30)48(57(4,52)53)19-20-5-7-24(54-3)8-6-20/h5-12,15-16,18,28H,13-14,17,19H2,1-4H3,(H2,43,51)/t28-/m0/s1. The van der Waals surface area contributed by atoms with E-state index in [9.17, 15) is 35.6 Å². The van der Waals surface area contributed by atoms with Gasteiger partial charge in [-0.2, -0.15) is 10.1 Å². The topological polar surface area (TPSA) is 174 Å². The van der Waals surface area contributed by atoms with Crippen molar-refractivity contribution in [3.8, 4) is 17.3 Å². The molecule has 0 aliphatic carbocycles. The number of hydrogen-bond donors (Lipinski definition) is 1. The molecule has 3 aromatic heterocycles. The Morgan fingerprint density at radius 2 is 1.70 bits per heavy atom. The minimum Gasteiger partial charge on any atom is -0.497 e. The largest absolute Gasteiger partial charge is 0.497 e. The molecule has 0 radical (unpaired) electrons. The van der Waals surface area contributed by atoms with Crippen LogP contribution in [0.5, 0.6) is 11.6 Å². The Hall–Kier alpha value is -5.95. The Labute approximate surface area is 327 Å². The van der Waals surface area contributed by atoms with Crippen molar-refractivity contribution in [2.24, 2.45) is 12.8 Å². The third kappa shape index (κ3) is 9.04. The highest BCUT2D eigenvalue weighted by atomic mass is 35.5. The molecule has 300 valence electrons. The maximum atomic E-state index is 14.7. The lowest BCUT2D eigenvalue weighted by molar-refractivity contribution is 0.000445. The second-order valence-corrected chi connectivity index (χ2v) is 15.4. The summed E-state index contributed by atoms with van der Waals surface area (Å²) in [5.74, 6) is -4.99. The number of ether oxygens (including phenoxy) is 3. The number of carbonyl (C=O) groups is 1. The molecule has 0 fully saturated rings. The second-order valence-electron chi connectivity index (χ2n) is 13.1. The van der Waals surface area contributed by atoms with Crippen molar-refractivity contribution in [3.05, 3.63) is 111 Å². The number of pyridine rings is 1. The number of primary amides is 1. The van der Waals surface area contributed by atoms with Crippen LogP contribution in [-0.2, 0) is 34.8 Å². The number of methoxy groups -OCH3 is 1. The summed E-state index contributed by atoms with van der Waals surface area (Å²) in [6.45, 7) is 0.115. The minimum absolute atomic E-state index is 0.0111. The summed E-state index contributed by atoms with van der Waals surface area (Å²) in [6.07, 6.45) is -3.07. The van der Waals surface area contributed by atoms with Gasteiger partial charge in [-0.3, -0.25) is 14.0 Å². The Morgan fingerprint density at radius 1 is 1.02 bits per heavy atom. The summed E-state index contributed by atoms with van der Waals surface area (Å²) in [6, 6.07) is 14.7. The van der Waals surface area contributed by atoms with E-state index in [0.717, 1.165) is 34.2 Å². The molecule has 0 bridgehead atoms. The average molecular weight is 832 g/mol. The van der Waals surface area contributed by atoms with Gasteiger partial charge in [0, 0.05) is 32.0 Å². The van der Waals surface area contributed by atoms with Crippen molar-refractivity contribution >= 4 is 55.5 Å². The molecule has 0 unspecified atom stereocenters. The SMILES string of the molecule is COc1ccc(CN(c2nn(C)c3c(-n4c([C@H](Cc5cc(F)cc(F)c5)OC(N)=O)nc5nc(OCCC(C)(F)F)ccc5c4=O)ccc(Cl)c23)S(C)(=O)=O)cc1. The van der Waals surface area contributed by atoms with Gasteiger partial charge in [0.05, 0.1) is 53.5 Å². The number of aryl methyl sites for hydroxylation is 1. The fourth-order valence-electron chi connectivity index (χ4n) is 6.14. The Balaban J connectivity index is 1.60. The molecule has 0 saturated carbocycles. The Bertz CT molecular complexity index is 2650. The van der Waals surface area contributed by atoms with Gasteiger partial charge in [0.15, 0.2) is 23.4 Å². The van der Waals surface area contributed by atoms with Crippen molar-refractivity contribution in [1.82, 2.24) is 24.3 Å². The summed E-state index contributed by atoms with van der Waals surface area (Å²) >= 11 is 6.78. The number of alkyl halides is 2. The number of benzene rings is 3. The first-order valence-corrected chi connectivity index (χ1v) is 19.2. The number of rotatable bonds is 14. The van der Waals surface area contributed by atoms with E-state index in [2.05, 4.69) is 15.1 Å². The molecule has 0 aliphatic heterocycles. The number of halogens is 5. The van der Waals surface area contributed by atoms with Crippen LogP contribution >= 0.6 is 11.6 Å². The molecule has 1 amide bonds. The number of hydrogen-bond acceptors (Lipinski definition) is 10. The fourth-order valence-corrected chi connectivity index (χ4v) is 7.20. The zero-order valence-electron chi connectivity index (χ0n) is 30.7. The van der Waals surface area contributed by atoms with Crippen LogP contribution < -0.4 is 25.1 Å². The van der Waals surface area contributed by atoms with Crippen LogP contribution in [0, 0.1) is 11.6 Å². The molecular formula is C37H34ClF4N7O7S. The van der Waals surface area contributed by atoms with Crippen LogP contribution in [0.3, 0.4) is 0 Å². The number of fused-ring (bicyclic) bond motifs is 2. The van der Waals surface area contributed by atoms with Gasteiger partial charge in [-0.05, 0) is 60.5 Å². The molecular weight excluding hydrogens is 798 g/mol. The highest BCUT2D eigenvalue weighted by Gasteiger charge is 2.31. The van der Waals surface area contributed by atoms with E-state index in [-0.39, 0.29) is 62.3 Å². The molecule has 3 heterocycles. The lowest BCUT2D eigenvalue weighted by Crippen LogP contribution is -2.30. The second kappa shape index (κ2) is 15.9. The van der Waals surface area contributed by atoms with Gasteiger partial charge in [-0.1, -0.05) is 23.7 Å². The molecule has 20 heteroatoms. The predicted octanol–water partition coefficient (Wildman–Crippen LogP) is 6.38. The van der Waals surface area contributed by atoms with E-state index in [1.165, 1.54) is 43.1 Å². The van der Waals surface area contributed by atoms with Crippen LogP contribution in [0.15, 0.2) is 71.5 Å². The molecule has 57 heavy (non-hydrogen) atoms. The molecule has 3 aromatic carbocycles. The van der Waals surface area contributed by atoms with Crippen LogP contribution in [0.25, 0.3) is 27.6 Å². The van der Waals surface area contributed by atoms with Crippen LogP contribution in [0.4, 0.5) is 28.2 Å². The van der Waals surface area contributed by atoms with Crippen molar-refractivity contribution in [2.45, 2.75) is 38.3 Å². The molecule has 1 atom stereocenters. The first-order chi connectivity index (χ1) is 26.8. The highest BCUT2D eigenvalue weighted by Crippen LogP contribution is 2.38. The van der Waals surface area contributed by atoms with E-state index < -0.39 is 64.8 Å². The summed E-state index contributed by atoms with van der Waals surface area (Å²) in [4.78, 5) is 35.8. The average Bonchev–Trinajstić information content (AvgIpc) is 3.46. The quantitative estimate of drug-likeness (QED) is 0.121. The van der Waals surface area contributed by atoms with Gasteiger partial charge in [-0.25, -0.2) is 40.1 Å². The molecule has 0 saturated heterocycles. The van der Waals surface area contributed by atoms with Crippen molar-refractivity contribution < 1.29 is 45.0 Å². The van der Waals surface area contributed by atoms with Crippen molar-refractivity contribution in [3.63, 3.8) is 0 Å². The first kappa shape index (κ1) is 40.7. The number of aromatic nitrogens is 5. The van der Waals surface area contributed by atoms with E-state index in [1.807, 2.05) is 0 Å². The van der Waals surface area contributed by atoms with Gasteiger partial charge in [-0.15, -0.1) is 0 Å². The summed E-state index contributed by atoms with van der Waals surface area (Å²) in [7, 11) is -1.07. The Morgan fingerprint density at radius 3 is 2.32 bits per heavy atom. The molecule has 6 aromatic rings. The van der Waals surface area contributed by atoms with Gasteiger partial charge in [0.1, 0.15) is 17.4 Å². The van der Waals surface area contributed by atoms with Crippen LogP contribution in [-0.4, -0.2) is 64.7 Å². The normalized spacial score (nSPS) is 12.5. The maximum Gasteiger partial charge on any atom is 0.405 e. The molecule has 2 N–H and O–H groups in total. The molecule has 0 aliphatic rings. The van der Waals surface area contributed by atoms with Gasteiger partial charge in [0.25, 0.3) is 5.56 Å². The van der Waals surface area contributed by atoms with E-state index in [1.54, 1.807) is 24.3 Å². The monoisotopic (exact) mass is 831 g/mol. The van der Waals surface area contributed by atoms with Crippen LogP contribution in [0.2, 0.25) is 5.02 Å². The van der Waals surface area contributed by atoms with Gasteiger partial charge < -0.3 is 19.9 Å². The van der Waals surface area contributed by atoms with Crippen LogP contribution in [0.1, 0.15) is 36.4 Å². The maximum absolute atomic E-state index is 14.7. The zero-order chi connectivity index (χ0) is 41.4. The third-order valence-corrected chi connectivity index (χ3v) is 10.1. The first-order valence-electron chi connectivity index (χ1n) is 16.9. The fraction of sp³-hybridized carbons (Fsp3) is 0.270. The summed E-state index contributed by atoms with van der Waals surface area (Å²) in [5, 5.41) is 4.57. The number of amides is 1. The molecule has 0 spiro atoms. The highest BCUT2D eigenvalue weighted by molar-refractivity contribution is 7.92. The number of carbonyl (C=O) groups excluding carboxylic acids is 1. The summed E-state index contributed by atoms with van der Waals surface area (Å²) < 4.78 is 102. The number of anilines is 1. The number of sulfonamides is 1. The molecule has 6 rings (SSSR count).